The summed E-state index contributed by atoms with van der Waals surface area (Å²) in [5, 5.41) is 0. The lowest BCUT2D eigenvalue weighted by Gasteiger charge is -2.37. The van der Waals surface area contributed by atoms with E-state index in [1.165, 1.54) is 25.6 Å². The van der Waals surface area contributed by atoms with Gasteiger partial charge in [0.2, 0.25) is 0 Å². The van der Waals surface area contributed by atoms with Crippen molar-refractivity contribution in [3.05, 3.63) is 0 Å². The monoisotopic (exact) mass is 1360 g/mol. The molecule has 0 aliphatic rings. The lowest BCUT2D eigenvalue weighted by Crippen LogP contribution is -2.43. The molecule has 0 aliphatic carbocycles. The van der Waals surface area contributed by atoms with E-state index in [9.17, 15) is 68.7 Å². The number of thioether (sulfide) groups is 1. The molecule has 0 heterocycles. The second kappa shape index (κ2) is 40.7. The minimum absolute atomic E-state index is 0.00154. The molecule has 0 saturated heterocycles. The fourth-order valence-corrected chi connectivity index (χ4v) is 13.2. The molecule has 0 aliphatic heterocycles. The van der Waals surface area contributed by atoms with Crippen LogP contribution >= 0.6 is 11.8 Å². The number of carbonyl (C=O) groups excluding carboxylic acids is 7. The molecular formula is C64H112F8O15SSi2. The molecule has 0 fully saturated rings. The Morgan fingerprint density at radius 1 is 0.433 bits per heavy atom. The normalized spacial score (nSPS) is 16.0. The second-order valence-electron chi connectivity index (χ2n) is 27.1. The largest absolute Gasteiger partial charge is 0.465 e. The zero-order valence-electron chi connectivity index (χ0n) is 57.1. The topological polar surface area (TPSA) is 193 Å². The van der Waals surface area contributed by atoms with Crippen molar-refractivity contribution in [1.82, 2.24) is 0 Å². The number of alkyl halides is 8. The van der Waals surface area contributed by atoms with Crippen molar-refractivity contribution in [3.63, 3.8) is 0 Å². The third kappa shape index (κ3) is 32.5. The molecule has 0 spiro atoms. The van der Waals surface area contributed by atoms with Crippen LogP contribution in [-0.4, -0.2) is 147 Å². The van der Waals surface area contributed by atoms with Crippen molar-refractivity contribution in [1.29, 1.82) is 0 Å². The fraction of sp³-hybridized carbons (Fsp3) is 0.891. The molecule has 90 heavy (non-hydrogen) atoms. The lowest BCUT2D eigenvalue weighted by molar-refractivity contribution is -0.207. The molecule has 0 N–H and O–H groups in total. The SMILES string of the molecule is CCCC(CC(CC(C)(CC(CC(C)(CC(CC)C(=O)OCCC[Si](C)(C)OC)C(=O)OCCCCCCOC(=O)C(C)(CC)CCC)C(=O)OCCC(F)(F)C(C)(F)F)C(=O)OCCCSC)C(=O)OCCC(F)(F)C(C)(F)F)C(=O)OCCC[Si](C)(C)C. The van der Waals surface area contributed by atoms with Crippen LogP contribution < -0.4 is 0 Å². The Kier molecular flexibility index (Phi) is 39.1. The first-order chi connectivity index (χ1) is 41.5. The van der Waals surface area contributed by atoms with Gasteiger partial charge in [-0.25, -0.2) is 17.6 Å². The molecule has 0 rings (SSSR count). The molecule has 7 atom stereocenters. The van der Waals surface area contributed by atoms with E-state index in [0.717, 1.165) is 12.5 Å². The molecule has 0 amide bonds. The molecule has 528 valence electrons. The Morgan fingerprint density at radius 3 is 1.21 bits per heavy atom. The maximum absolute atomic E-state index is 14.9. The van der Waals surface area contributed by atoms with E-state index in [-0.39, 0.29) is 72.1 Å². The van der Waals surface area contributed by atoms with Gasteiger partial charge in [-0.1, -0.05) is 66.2 Å². The third-order valence-electron chi connectivity index (χ3n) is 16.8. The summed E-state index contributed by atoms with van der Waals surface area (Å²) < 4.78 is 160. The van der Waals surface area contributed by atoms with Crippen LogP contribution in [0, 0.1) is 39.9 Å². The van der Waals surface area contributed by atoms with E-state index in [0.29, 0.717) is 76.0 Å². The van der Waals surface area contributed by atoms with Crippen molar-refractivity contribution in [2.45, 2.75) is 259 Å². The number of unbranched alkanes of at least 4 members (excludes halogenated alkanes) is 3. The molecule has 0 aromatic rings. The number of esters is 7. The van der Waals surface area contributed by atoms with Gasteiger partial charge in [-0.2, -0.15) is 29.3 Å². The first-order valence-electron chi connectivity index (χ1n) is 32.2. The van der Waals surface area contributed by atoms with Crippen LogP contribution in [0.2, 0.25) is 44.8 Å². The lowest BCUT2D eigenvalue weighted by atomic mass is 9.67. The summed E-state index contributed by atoms with van der Waals surface area (Å²) in [6, 6.07) is 1.44. The summed E-state index contributed by atoms with van der Waals surface area (Å²) in [7, 11) is -2.05. The Labute approximate surface area is 538 Å². The van der Waals surface area contributed by atoms with E-state index < -0.39 is 168 Å². The van der Waals surface area contributed by atoms with Gasteiger partial charge >= 0.3 is 65.5 Å². The maximum atomic E-state index is 14.9. The molecule has 0 aromatic carbocycles. The van der Waals surface area contributed by atoms with Crippen LogP contribution in [0.5, 0.6) is 0 Å². The number of ether oxygens (including phenoxy) is 7. The number of hydrogen-bond donors (Lipinski definition) is 0. The maximum Gasteiger partial charge on any atom is 0.313 e. The van der Waals surface area contributed by atoms with Gasteiger partial charge < -0.3 is 37.6 Å². The zero-order chi connectivity index (χ0) is 69.4. The van der Waals surface area contributed by atoms with Gasteiger partial charge in [0.25, 0.3) is 0 Å². The van der Waals surface area contributed by atoms with Crippen molar-refractivity contribution >= 4 is 69.9 Å². The van der Waals surface area contributed by atoms with Gasteiger partial charge in [-0.3, -0.25) is 33.6 Å². The van der Waals surface area contributed by atoms with E-state index in [1.807, 2.05) is 33.9 Å². The first-order valence-corrected chi connectivity index (χ1v) is 40.5. The van der Waals surface area contributed by atoms with Gasteiger partial charge in [0, 0.05) is 29.0 Å². The minimum Gasteiger partial charge on any atom is -0.465 e. The highest BCUT2D eigenvalue weighted by Crippen LogP contribution is 2.45. The Morgan fingerprint density at radius 2 is 0.811 bits per heavy atom. The van der Waals surface area contributed by atoms with E-state index >= 15 is 0 Å². The number of halogens is 8. The van der Waals surface area contributed by atoms with Gasteiger partial charge in [-0.15, -0.1) is 0 Å². The predicted octanol–water partition coefficient (Wildman–Crippen LogP) is 16.3. The average Bonchev–Trinajstić information content (AvgIpc) is 2.22. The van der Waals surface area contributed by atoms with Crippen LogP contribution in [0.25, 0.3) is 0 Å². The Balaban J connectivity index is 8.07. The van der Waals surface area contributed by atoms with Gasteiger partial charge in [-0.05, 0) is 155 Å². The number of carbonyl (C=O) groups is 7. The highest BCUT2D eigenvalue weighted by molar-refractivity contribution is 7.98. The van der Waals surface area contributed by atoms with Crippen molar-refractivity contribution < 1.29 is 106 Å². The summed E-state index contributed by atoms with van der Waals surface area (Å²) >= 11 is 1.42. The smallest absolute Gasteiger partial charge is 0.313 e. The highest BCUT2D eigenvalue weighted by atomic mass is 32.2. The summed E-state index contributed by atoms with van der Waals surface area (Å²) in [6.07, 6.45) is 1.34. The quantitative estimate of drug-likeness (QED) is 0.0183. The van der Waals surface area contributed by atoms with Crippen LogP contribution in [0.1, 0.15) is 191 Å². The van der Waals surface area contributed by atoms with E-state index in [1.54, 1.807) is 27.2 Å². The molecule has 0 radical (unpaired) electrons. The summed E-state index contributed by atoms with van der Waals surface area (Å²) in [6.45, 7) is 19.4. The average molecular weight is 1360 g/mol. The molecule has 15 nitrogen and oxygen atoms in total. The summed E-state index contributed by atoms with van der Waals surface area (Å²) in [4.78, 5) is 99.7. The molecule has 0 saturated carbocycles. The Hall–Kier alpha value is -3.53. The summed E-state index contributed by atoms with van der Waals surface area (Å²) in [5.41, 5.74) is -4.65. The first kappa shape index (κ1) is 86.5. The third-order valence-corrected chi connectivity index (χ3v) is 22.0. The Bertz CT molecular complexity index is 2160. The fourth-order valence-electron chi connectivity index (χ4n) is 10.4. The van der Waals surface area contributed by atoms with Crippen LogP contribution in [0.4, 0.5) is 35.1 Å². The van der Waals surface area contributed by atoms with E-state index in [2.05, 4.69) is 19.6 Å². The van der Waals surface area contributed by atoms with Gasteiger partial charge in [0.1, 0.15) is 0 Å². The predicted molar refractivity (Wildman–Crippen MR) is 337 cm³/mol. The minimum atomic E-state index is -4.68. The molecular weight excluding hydrogens is 1250 g/mol. The van der Waals surface area contributed by atoms with Crippen molar-refractivity contribution in [2.24, 2.45) is 39.9 Å². The van der Waals surface area contributed by atoms with Gasteiger partial charge in [0.15, 0.2) is 8.32 Å². The molecule has 26 heteroatoms. The van der Waals surface area contributed by atoms with Crippen LogP contribution in [0.15, 0.2) is 0 Å². The molecule has 0 aromatic heterocycles. The summed E-state index contributed by atoms with van der Waals surface area (Å²) in [5.74, 6) is -29.9. The van der Waals surface area contributed by atoms with Crippen LogP contribution in [0.3, 0.4) is 0 Å². The van der Waals surface area contributed by atoms with Crippen molar-refractivity contribution in [2.75, 3.05) is 65.4 Å². The van der Waals surface area contributed by atoms with E-state index in [4.69, 9.17) is 37.6 Å². The van der Waals surface area contributed by atoms with Crippen LogP contribution in [-0.2, 0) is 71.1 Å². The van der Waals surface area contributed by atoms with Crippen molar-refractivity contribution in [3.8, 4) is 0 Å². The standard InChI is InChI=1S/C64H112F8O15SSi2/c1-17-28-48(52(74)82-35-26-40-89(12,13)14)42-49(53(75)83-37-30-63(69,70)61(8,65)66)44-60(7,57(79)87-34-25-39-88-11)46-50(54(76)84-38-31-64(71,72)62(9,67)68)45-59(6,43-47(19-3)51(73)81-36-27-41-90(15,16)80-10)56(78)86-33-24-22-21-23-32-85-55(77)58(5,20-4)29-18-2/h47-50H,17-46H2,1-16H3. The molecule has 0 bridgehead atoms. The number of rotatable bonds is 51. The zero-order valence-corrected chi connectivity index (χ0v) is 59.9. The second-order valence-corrected chi connectivity index (χ2v) is 38.1. The highest BCUT2D eigenvalue weighted by Gasteiger charge is 2.54. The molecule has 7 unspecified atom stereocenters. The van der Waals surface area contributed by atoms with Gasteiger partial charge in [0.05, 0.1) is 99.0 Å². The number of hydrogen-bond acceptors (Lipinski definition) is 16.